The standard InChI is InChI=1S/C17H22N4O3S/c1-3-4-5-6-15-20-21-17(25-15)19-14(22)11-18-16(23)12-7-9-13(24-2)10-8-12/h7-10H,3-6,11H2,1-2H3,(H,18,23)(H,19,21,22). The number of aryl methyl sites for hydroxylation is 1. The van der Waals surface area contributed by atoms with Gasteiger partial charge in [0.15, 0.2) is 0 Å². The summed E-state index contributed by atoms with van der Waals surface area (Å²) in [4.78, 5) is 23.9. The molecule has 25 heavy (non-hydrogen) atoms. The second kappa shape index (κ2) is 9.73. The molecule has 1 aromatic heterocycles. The molecule has 7 nitrogen and oxygen atoms in total. The number of unbranched alkanes of at least 4 members (excludes halogenated alkanes) is 2. The summed E-state index contributed by atoms with van der Waals surface area (Å²) >= 11 is 1.37. The number of methoxy groups -OCH3 is 1. The van der Waals surface area contributed by atoms with Crippen LogP contribution in [0.4, 0.5) is 5.13 Å². The van der Waals surface area contributed by atoms with Gasteiger partial charge in [-0.3, -0.25) is 14.9 Å². The van der Waals surface area contributed by atoms with Crippen molar-refractivity contribution in [1.82, 2.24) is 15.5 Å². The van der Waals surface area contributed by atoms with Gasteiger partial charge in [0, 0.05) is 12.0 Å². The SMILES string of the molecule is CCCCCc1nnc(NC(=O)CNC(=O)c2ccc(OC)cc2)s1. The van der Waals surface area contributed by atoms with Crippen molar-refractivity contribution in [2.45, 2.75) is 32.6 Å². The summed E-state index contributed by atoms with van der Waals surface area (Å²) in [5.41, 5.74) is 0.461. The number of benzene rings is 1. The van der Waals surface area contributed by atoms with E-state index < -0.39 is 0 Å². The lowest BCUT2D eigenvalue weighted by atomic mass is 10.2. The Kier molecular flexibility index (Phi) is 7.34. The fourth-order valence-electron chi connectivity index (χ4n) is 2.10. The maximum Gasteiger partial charge on any atom is 0.251 e. The molecule has 0 radical (unpaired) electrons. The van der Waals surface area contributed by atoms with Crippen molar-refractivity contribution in [3.8, 4) is 5.75 Å². The normalized spacial score (nSPS) is 10.3. The number of aromatic nitrogens is 2. The zero-order valence-electron chi connectivity index (χ0n) is 14.4. The smallest absolute Gasteiger partial charge is 0.251 e. The molecule has 2 rings (SSSR count). The maximum absolute atomic E-state index is 12.0. The van der Waals surface area contributed by atoms with Crippen LogP contribution in [0.2, 0.25) is 0 Å². The van der Waals surface area contributed by atoms with Crippen LogP contribution in [0.25, 0.3) is 0 Å². The first-order chi connectivity index (χ1) is 12.1. The number of hydrogen-bond acceptors (Lipinski definition) is 6. The van der Waals surface area contributed by atoms with Gasteiger partial charge < -0.3 is 10.1 Å². The van der Waals surface area contributed by atoms with E-state index in [1.54, 1.807) is 31.4 Å². The Balaban J connectivity index is 1.77. The molecule has 0 spiro atoms. The second-order valence-corrected chi connectivity index (χ2v) is 6.48. The van der Waals surface area contributed by atoms with Gasteiger partial charge >= 0.3 is 0 Å². The lowest BCUT2D eigenvalue weighted by Crippen LogP contribution is -2.32. The fourth-order valence-corrected chi connectivity index (χ4v) is 2.90. The van der Waals surface area contributed by atoms with Gasteiger partial charge in [0.25, 0.3) is 5.91 Å². The van der Waals surface area contributed by atoms with Crippen molar-refractivity contribution in [1.29, 1.82) is 0 Å². The monoisotopic (exact) mass is 362 g/mol. The van der Waals surface area contributed by atoms with Crippen molar-refractivity contribution in [3.63, 3.8) is 0 Å². The van der Waals surface area contributed by atoms with Crippen molar-refractivity contribution in [2.75, 3.05) is 19.0 Å². The van der Waals surface area contributed by atoms with Crippen molar-refractivity contribution in [3.05, 3.63) is 34.8 Å². The Bertz CT molecular complexity index is 700. The predicted molar refractivity (Wildman–Crippen MR) is 97.1 cm³/mol. The van der Waals surface area contributed by atoms with Crippen molar-refractivity contribution in [2.24, 2.45) is 0 Å². The quantitative estimate of drug-likeness (QED) is 0.669. The van der Waals surface area contributed by atoms with Gasteiger partial charge in [-0.25, -0.2) is 0 Å². The van der Waals surface area contributed by atoms with Crippen LogP contribution < -0.4 is 15.4 Å². The molecular formula is C17H22N4O3S. The molecule has 0 atom stereocenters. The van der Waals surface area contributed by atoms with Gasteiger partial charge in [-0.2, -0.15) is 0 Å². The van der Waals surface area contributed by atoms with Gasteiger partial charge in [-0.15, -0.1) is 10.2 Å². The Morgan fingerprint density at radius 2 is 1.92 bits per heavy atom. The van der Waals surface area contributed by atoms with Crippen LogP contribution in [-0.4, -0.2) is 35.7 Å². The first-order valence-electron chi connectivity index (χ1n) is 8.17. The number of ether oxygens (including phenoxy) is 1. The number of carbonyl (C=O) groups is 2. The summed E-state index contributed by atoms with van der Waals surface area (Å²) in [5, 5.41) is 14.6. The molecule has 0 fully saturated rings. The molecule has 0 aliphatic carbocycles. The van der Waals surface area contributed by atoms with Crippen molar-refractivity contribution < 1.29 is 14.3 Å². The summed E-state index contributed by atoms with van der Waals surface area (Å²) in [5.74, 6) is 0.00810. The highest BCUT2D eigenvalue weighted by Gasteiger charge is 2.11. The summed E-state index contributed by atoms with van der Waals surface area (Å²) in [7, 11) is 1.56. The highest BCUT2D eigenvalue weighted by molar-refractivity contribution is 7.15. The molecule has 1 aromatic carbocycles. The third-order valence-corrected chi connectivity index (χ3v) is 4.37. The molecule has 0 unspecified atom stereocenters. The molecule has 0 saturated heterocycles. The van der Waals surface area contributed by atoms with E-state index in [9.17, 15) is 9.59 Å². The topological polar surface area (TPSA) is 93.2 Å². The minimum atomic E-state index is -0.335. The molecule has 0 bridgehead atoms. The van der Waals surface area contributed by atoms with Gasteiger partial charge in [-0.1, -0.05) is 31.1 Å². The molecule has 2 N–H and O–H groups in total. The molecule has 1 heterocycles. The Labute approximate surface area is 150 Å². The van der Waals surface area contributed by atoms with Crippen LogP contribution in [-0.2, 0) is 11.2 Å². The molecule has 2 amide bonds. The number of amides is 2. The number of carbonyl (C=O) groups excluding carboxylic acids is 2. The van der Waals surface area contributed by atoms with E-state index in [0.29, 0.717) is 16.4 Å². The van der Waals surface area contributed by atoms with Crippen LogP contribution in [0.5, 0.6) is 5.75 Å². The molecule has 134 valence electrons. The molecule has 0 aliphatic rings. The molecule has 2 aromatic rings. The minimum absolute atomic E-state index is 0.129. The van der Waals surface area contributed by atoms with E-state index in [1.807, 2.05) is 0 Å². The first kappa shape index (κ1) is 18.9. The predicted octanol–water partition coefficient (Wildman–Crippen LogP) is 2.65. The molecule has 8 heteroatoms. The van der Waals surface area contributed by atoms with Gasteiger partial charge in [0.1, 0.15) is 10.8 Å². The molecular weight excluding hydrogens is 340 g/mol. The van der Waals surface area contributed by atoms with Crippen LogP contribution in [0.3, 0.4) is 0 Å². The number of hydrogen-bond donors (Lipinski definition) is 2. The van der Waals surface area contributed by atoms with Crippen LogP contribution >= 0.6 is 11.3 Å². The van der Waals surface area contributed by atoms with E-state index in [-0.39, 0.29) is 18.4 Å². The average Bonchev–Trinajstić information content (AvgIpc) is 3.07. The summed E-state index contributed by atoms with van der Waals surface area (Å²) in [6, 6.07) is 6.66. The summed E-state index contributed by atoms with van der Waals surface area (Å²) < 4.78 is 5.04. The van der Waals surface area contributed by atoms with Crippen LogP contribution in [0.1, 0.15) is 41.6 Å². The fraction of sp³-hybridized carbons (Fsp3) is 0.412. The second-order valence-electron chi connectivity index (χ2n) is 5.42. The number of anilines is 1. The summed E-state index contributed by atoms with van der Waals surface area (Å²) in [6.07, 6.45) is 4.24. The molecule has 0 saturated carbocycles. The minimum Gasteiger partial charge on any atom is -0.497 e. The van der Waals surface area contributed by atoms with Gasteiger partial charge in [0.05, 0.1) is 13.7 Å². The van der Waals surface area contributed by atoms with E-state index >= 15 is 0 Å². The highest BCUT2D eigenvalue weighted by Crippen LogP contribution is 2.17. The Morgan fingerprint density at radius 3 is 2.60 bits per heavy atom. The summed E-state index contributed by atoms with van der Waals surface area (Å²) in [6.45, 7) is 2.02. The van der Waals surface area contributed by atoms with Crippen molar-refractivity contribution >= 4 is 28.3 Å². The Hall–Kier alpha value is -2.48. The van der Waals surface area contributed by atoms with Gasteiger partial charge in [-0.05, 0) is 30.7 Å². The number of nitrogens with zero attached hydrogens (tertiary/aromatic N) is 2. The Morgan fingerprint density at radius 1 is 1.16 bits per heavy atom. The number of rotatable bonds is 9. The van der Waals surface area contributed by atoms with Crippen LogP contribution in [0, 0.1) is 0 Å². The highest BCUT2D eigenvalue weighted by atomic mass is 32.1. The third-order valence-electron chi connectivity index (χ3n) is 3.47. The largest absolute Gasteiger partial charge is 0.497 e. The van der Waals surface area contributed by atoms with Crippen LogP contribution in [0.15, 0.2) is 24.3 Å². The van der Waals surface area contributed by atoms with E-state index in [4.69, 9.17) is 4.74 Å². The lowest BCUT2D eigenvalue weighted by Gasteiger charge is -2.05. The third kappa shape index (κ3) is 6.15. The van der Waals surface area contributed by atoms with Gasteiger partial charge in [0.2, 0.25) is 11.0 Å². The zero-order valence-corrected chi connectivity index (χ0v) is 15.2. The lowest BCUT2D eigenvalue weighted by molar-refractivity contribution is -0.115. The zero-order chi connectivity index (χ0) is 18.1. The average molecular weight is 362 g/mol. The van der Waals surface area contributed by atoms with E-state index in [1.165, 1.54) is 11.3 Å². The van der Waals surface area contributed by atoms with E-state index in [0.717, 1.165) is 30.7 Å². The molecule has 0 aliphatic heterocycles. The number of nitrogens with one attached hydrogen (secondary N) is 2. The van der Waals surface area contributed by atoms with E-state index in [2.05, 4.69) is 27.8 Å². The maximum atomic E-state index is 12.0. The first-order valence-corrected chi connectivity index (χ1v) is 8.98.